The largest absolute Gasteiger partial charge is 0.508 e. The Morgan fingerprint density at radius 2 is 1.75 bits per heavy atom. The topological polar surface area (TPSA) is 87.1 Å². The summed E-state index contributed by atoms with van der Waals surface area (Å²) >= 11 is 12.3. The zero-order chi connectivity index (χ0) is 26.3. The molecule has 2 N–H and O–H groups in total. The van der Waals surface area contributed by atoms with Crippen LogP contribution in [-0.2, 0) is 9.59 Å². The number of aryl methyl sites for hydroxylation is 1. The van der Waals surface area contributed by atoms with E-state index in [0.717, 1.165) is 5.56 Å². The highest BCUT2D eigenvalue weighted by Gasteiger charge is 2.47. The molecule has 0 saturated carbocycles. The van der Waals surface area contributed by atoms with Crippen molar-refractivity contribution in [1.29, 1.82) is 0 Å². The molecule has 1 saturated heterocycles. The van der Waals surface area contributed by atoms with Gasteiger partial charge in [0.25, 0.3) is 11.7 Å². The van der Waals surface area contributed by atoms with Crippen LogP contribution in [0.4, 0.5) is 5.69 Å². The van der Waals surface area contributed by atoms with Crippen LogP contribution in [0.15, 0.2) is 60.2 Å². The lowest BCUT2D eigenvalue weighted by molar-refractivity contribution is -0.132. The van der Waals surface area contributed by atoms with Crippen molar-refractivity contribution in [3.63, 3.8) is 0 Å². The van der Waals surface area contributed by atoms with Crippen LogP contribution in [0.2, 0.25) is 10.0 Å². The lowest BCUT2D eigenvalue weighted by atomic mass is 9.91. The molecule has 3 aromatic rings. The van der Waals surface area contributed by atoms with Gasteiger partial charge in [-0.15, -0.1) is 0 Å². The zero-order valence-corrected chi connectivity index (χ0v) is 21.7. The van der Waals surface area contributed by atoms with Gasteiger partial charge in [-0.05, 0) is 72.0 Å². The van der Waals surface area contributed by atoms with E-state index < -0.39 is 17.7 Å². The molecule has 1 aliphatic heterocycles. The first-order chi connectivity index (χ1) is 17.0. The van der Waals surface area contributed by atoms with Crippen LogP contribution in [0.3, 0.4) is 0 Å². The van der Waals surface area contributed by atoms with E-state index in [1.54, 1.807) is 44.4 Å². The van der Waals surface area contributed by atoms with Crippen molar-refractivity contribution in [2.75, 3.05) is 12.0 Å². The maximum absolute atomic E-state index is 13.4. The molecule has 1 unspecified atom stereocenters. The highest BCUT2D eigenvalue weighted by atomic mass is 35.5. The quantitative estimate of drug-likeness (QED) is 0.218. The fraction of sp³-hybridized carbons (Fsp3) is 0.214. The Balaban J connectivity index is 2.00. The average molecular weight is 526 g/mol. The SMILES string of the molecule is COc1cc(C)c(/C(O)=C2\C(=O)C(=O)N(c3ccc(Cl)c(Cl)c3)C2c2cccc(O)c2)cc1C(C)C. The van der Waals surface area contributed by atoms with Gasteiger partial charge >= 0.3 is 0 Å². The van der Waals surface area contributed by atoms with Crippen molar-refractivity contribution in [2.24, 2.45) is 0 Å². The molecule has 8 heteroatoms. The number of ketones is 1. The summed E-state index contributed by atoms with van der Waals surface area (Å²) in [5, 5.41) is 22.2. The minimum absolute atomic E-state index is 0.0463. The van der Waals surface area contributed by atoms with Gasteiger partial charge in [0.2, 0.25) is 0 Å². The van der Waals surface area contributed by atoms with Crippen molar-refractivity contribution in [2.45, 2.75) is 32.7 Å². The normalized spacial score (nSPS) is 17.2. The summed E-state index contributed by atoms with van der Waals surface area (Å²) < 4.78 is 5.51. The molecule has 186 valence electrons. The molecule has 4 rings (SSSR count). The molecule has 0 radical (unpaired) electrons. The summed E-state index contributed by atoms with van der Waals surface area (Å²) in [6.45, 7) is 5.78. The molecule has 1 fully saturated rings. The monoisotopic (exact) mass is 525 g/mol. The van der Waals surface area contributed by atoms with Crippen molar-refractivity contribution in [3.05, 3.63) is 92.5 Å². The van der Waals surface area contributed by atoms with Crippen LogP contribution in [0, 0.1) is 6.92 Å². The number of anilines is 1. The van der Waals surface area contributed by atoms with E-state index in [-0.39, 0.29) is 28.0 Å². The minimum Gasteiger partial charge on any atom is -0.508 e. The van der Waals surface area contributed by atoms with Crippen LogP contribution >= 0.6 is 23.2 Å². The summed E-state index contributed by atoms with van der Waals surface area (Å²) in [6, 6.07) is 13.4. The fourth-order valence-electron chi connectivity index (χ4n) is 4.47. The summed E-state index contributed by atoms with van der Waals surface area (Å²) in [5.41, 5.74) is 2.60. The average Bonchev–Trinajstić information content (AvgIpc) is 3.10. The minimum atomic E-state index is -1.02. The molecule has 1 amide bonds. The van der Waals surface area contributed by atoms with Crippen molar-refractivity contribution < 1.29 is 24.5 Å². The first kappa shape index (κ1) is 25.6. The number of aliphatic hydroxyl groups excluding tert-OH is 1. The van der Waals surface area contributed by atoms with Gasteiger partial charge in [0.15, 0.2) is 0 Å². The smallest absolute Gasteiger partial charge is 0.300 e. The van der Waals surface area contributed by atoms with Gasteiger partial charge < -0.3 is 14.9 Å². The number of amides is 1. The lowest BCUT2D eigenvalue weighted by Crippen LogP contribution is -2.29. The maximum Gasteiger partial charge on any atom is 0.300 e. The van der Waals surface area contributed by atoms with Crippen LogP contribution in [0.1, 0.15) is 48.1 Å². The van der Waals surface area contributed by atoms with Crippen LogP contribution in [-0.4, -0.2) is 29.0 Å². The van der Waals surface area contributed by atoms with Gasteiger partial charge in [-0.1, -0.05) is 49.2 Å². The van der Waals surface area contributed by atoms with E-state index in [1.165, 1.54) is 29.2 Å². The van der Waals surface area contributed by atoms with Crippen molar-refractivity contribution in [3.8, 4) is 11.5 Å². The van der Waals surface area contributed by atoms with Gasteiger partial charge in [-0.3, -0.25) is 14.5 Å². The van der Waals surface area contributed by atoms with Crippen molar-refractivity contribution >= 4 is 46.3 Å². The van der Waals surface area contributed by atoms with Crippen LogP contribution in [0.5, 0.6) is 11.5 Å². The number of carbonyl (C=O) groups is 2. The maximum atomic E-state index is 13.4. The second-order valence-corrected chi connectivity index (χ2v) is 9.74. The van der Waals surface area contributed by atoms with E-state index in [9.17, 15) is 19.8 Å². The number of hydrogen-bond donors (Lipinski definition) is 2. The Bertz CT molecular complexity index is 1410. The Morgan fingerprint density at radius 1 is 1.03 bits per heavy atom. The second kappa shape index (κ2) is 9.88. The summed E-state index contributed by atoms with van der Waals surface area (Å²) in [6.07, 6.45) is 0. The third kappa shape index (κ3) is 4.43. The number of phenolic OH excluding ortho intramolecular Hbond substituents is 1. The number of aliphatic hydroxyl groups is 1. The Morgan fingerprint density at radius 3 is 2.36 bits per heavy atom. The third-order valence-corrected chi connectivity index (χ3v) is 7.00. The second-order valence-electron chi connectivity index (χ2n) is 8.93. The van der Waals surface area contributed by atoms with E-state index in [4.69, 9.17) is 27.9 Å². The van der Waals surface area contributed by atoms with E-state index >= 15 is 0 Å². The first-order valence-electron chi connectivity index (χ1n) is 11.3. The van der Waals surface area contributed by atoms with Crippen LogP contribution < -0.4 is 9.64 Å². The zero-order valence-electron chi connectivity index (χ0n) is 20.2. The number of phenols is 1. The van der Waals surface area contributed by atoms with E-state index in [0.29, 0.717) is 33.1 Å². The first-order valence-corrected chi connectivity index (χ1v) is 12.0. The number of Topliss-reactive ketones (excluding diaryl/α,β-unsaturated/α-hetero) is 1. The molecule has 0 aliphatic carbocycles. The third-order valence-electron chi connectivity index (χ3n) is 6.27. The predicted octanol–water partition coefficient (Wildman–Crippen LogP) is 6.77. The van der Waals surface area contributed by atoms with Gasteiger partial charge in [-0.25, -0.2) is 0 Å². The van der Waals surface area contributed by atoms with Gasteiger partial charge in [0.1, 0.15) is 17.3 Å². The Kier molecular flexibility index (Phi) is 7.03. The molecule has 1 aliphatic rings. The molecular weight excluding hydrogens is 501 g/mol. The molecule has 0 bridgehead atoms. The fourth-order valence-corrected chi connectivity index (χ4v) is 4.76. The molecular formula is C28H25Cl2NO5. The van der Waals surface area contributed by atoms with E-state index in [2.05, 4.69) is 0 Å². The van der Waals surface area contributed by atoms with Crippen molar-refractivity contribution in [1.82, 2.24) is 0 Å². The number of ether oxygens (including phenoxy) is 1. The predicted molar refractivity (Wildman–Crippen MR) is 141 cm³/mol. The highest BCUT2D eigenvalue weighted by molar-refractivity contribution is 6.52. The van der Waals surface area contributed by atoms with Crippen LogP contribution in [0.25, 0.3) is 5.76 Å². The van der Waals surface area contributed by atoms with E-state index in [1.807, 2.05) is 13.8 Å². The summed E-state index contributed by atoms with van der Waals surface area (Å²) in [4.78, 5) is 28.0. The molecule has 0 spiro atoms. The number of nitrogens with zero attached hydrogens (tertiary/aromatic N) is 1. The number of benzene rings is 3. The van der Waals surface area contributed by atoms with Gasteiger partial charge in [0.05, 0.1) is 28.8 Å². The number of hydrogen-bond acceptors (Lipinski definition) is 5. The molecule has 1 heterocycles. The summed E-state index contributed by atoms with van der Waals surface area (Å²) in [7, 11) is 1.57. The Hall–Kier alpha value is -3.48. The Labute approximate surface area is 219 Å². The molecule has 0 aromatic heterocycles. The lowest BCUT2D eigenvalue weighted by Gasteiger charge is -2.26. The summed E-state index contributed by atoms with van der Waals surface area (Å²) in [5.74, 6) is -1.31. The highest BCUT2D eigenvalue weighted by Crippen LogP contribution is 2.44. The van der Waals surface area contributed by atoms with Gasteiger partial charge in [0, 0.05) is 11.3 Å². The number of halogens is 2. The molecule has 6 nitrogen and oxygen atoms in total. The number of carbonyl (C=O) groups excluding carboxylic acids is 2. The number of rotatable bonds is 5. The molecule has 3 aromatic carbocycles. The molecule has 1 atom stereocenters. The molecule has 36 heavy (non-hydrogen) atoms. The van der Waals surface area contributed by atoms with Gasteiger partial charge in [-0.2, -0.15) is 0 Å². The standard InChI is InChI=1S/C28H25Cl2NO5/c1-14(2)19-13-20(15(3)10-23(19)36-4)26(33)24-25(16-6-5-7-18(32)11-16)31(28(35)27(24)34)17-8-9-21(29)22(30)12-17/h5-14,25,32-33H,1-4H3/b26-24+. The number of aromatic hydroxyl groups is 1. The number of methoxy groups -OCH3 is 1.